The van der Waals surface area contributed by atoms with Gasteiger partial charge in [0.15, 0.2) is 0 Å². The van der Waals surface area contributed by atoms with Crippen molar-refractivity contribution in [2.75, 3.05) is 0 Å². The molecule has 2 aliphatic carbocycles. The third-order valence-corrected chi connectivity index (χ3v) is 4.79. The first-order valence-corrected chi connectivity index (χ1v) is 6.44. The van der Waals surface area contributed by atoms with Gasteiger partial charge >= 0.3 is 5.97 Å². The number of halogens is 1. The molecule has 1 N–H and O–H groups in total. The van der Waals surface area contributed by atoms with E-state index in [0.29, 0.717) is 10.4 Å². The molecule has 2 saturated carbocycles. The average molecular weight is 251 g/mol. The summed E-state index contributed by atoms with van der Waals surface area (Å²) in [7, 11) is 0. The van der Waals surface area contributed by atoms with E-state index in [-0.39, 0.29) is 0 Å². The minimum absolute atomic E-state index is 0.334. The Kier molecular flexibility index (Phi) is 2.27. The van der Waals surface area contributed by atoms with Gasteiger partial charge in [0.05, 0.1) is 5.41 Å². The lowest BCUT2D eigenvalue weighted by Gasteiger charge is -2.59. The molecular weight excluding hydrogens is 236 g/mol. The van der Waals surface area contributed by atoms with Crippen LogP contribution in [0.25, 0.3) is 0 Å². The van der Waals surface area contributed by atoms with Crippen molar-refractivity contribution < 1.29 is 9.90 Å². The molecule has 0 amide bonds. The summed E-state index contributed by atoms with van der Waals surface area (Å²) in [6.45, 7) is 0. The molecule has 3 heteroatoms. The van der Waals surface area contributed by atoms with Gasteiger partial charge in [-0.05, 0) is 48.8 Å². The van der Waals surface area contributed by atoms with Gasteiger partial charge in [0.1, 0.15) is 0 Å². The maximum Gasteiger partial charge on any atom is 0.314 e. The van der Waals surface area contributed by atoms with Crippen LogP contribution < -0.4 is 0 Å². The molecule has 2 nitrogen and oxygen atoms in total. The predicted octanol–water partition coefficient (Wildman–Crippen LogP) is 3.63. The summed E-state index contributed by atoms with van der Waals surface area (Å²) in [5.41, 5.74) is 0.529. The Morgan fingerprint density at radius 1 is 1.29 bits per heavy atom. The van der Waals surface area contributed by atoms with Crippen molar-refractivity contribution >= 4 is 17.6 Å². The number of benzene rings is 1. The third kappa shape index (κ3) is 1.50. The quantitative estimate of drug-likeness (QED) is 0.870. The van der Waals surface area contributed by atoms with Gasteiger partial charge in [0.25, 0.3) is 0 Å². The minimum atomic E-state index is -0.697. The molecule has 0 saturated heterocycles. The minimum Gasteiger partial charge on any atom is -0.481 e. The van der Waals surface area contributed by atoms with Gasteiger partial charge in [-0.25, -0.2) is 0 Å². The van der Waals surface area contributed by atoms with E-state index < -0.39 is 11.4 Å². The zero-order valence-electron chi connectivity index (χ0n) is 9.58. The maximum atomic E-state index is 11.6. The molecule has 90 valence electrons. The van der Waals surface area contributed by atoms with E-state index in [1.165, 1.54) is 19.3 Å². The number of aliphatic carboxylic acids is 1. The number of hydrogen-bond acceptors (Lipinski definition) is 1. The standard InChI is InChI=1S/C14H15ClO2/c15-11-4-1-3-10(7-11)14(12(16)17)8-13(9-14)5-2-6-13/h1,3-4,7H,2,5-6,8-9H2,(H,16,17). The molecule has 3 rings (SSSR count). The number of carboxylic acids is 1. The van der Waals surface area contributed by atoms with Gasteiger partial charge in [-0.2, -0.15) is 0 Å². The molecule has 0 unspecified atom stereocenters. The Balaban J connectivity index is 1.94. The highest BCUT2D eigenvalue weighted by molar-refractivity contribution is 6.30. The first-order valence-electron chi connectivity index (χ1n) is 6.06. The van der Waals surface area contributed by atoms with Crippen molar-refractivity contribution in [2.45, 2.75) is 37.5 Å². The summed E-state index contributed by atoms with van der Waals surface area (Å²) < 4.78 is 0. The number of carbonyl (C=O) groups is 1. The molecule has 0 aromatic heterocycles. The van der Waals surface area contributed by atoms with E-state index in [2.05, 4.69) is 0 Å². The van der Waals surface area contributed by atoms with Gasteiger partial charge < -0.3 is 5.11 Å². The molecule has 1 aromatic carbocycles. The number of rotatable bonds is 2. The molecule has 2 fully saturated rings. The van der Waals surface area contributed by atoms with Gasteiger partial charge in [-0.1, -0.05) is 30.2 Å². The summed E-state index contributed by atoms with van der Waals surface area (Å²) in [4.78, 5) is 11.6. The topological polar surface area (TPSA) is 37.3 Å². The lowest BCUT2D eigenvalue weighted by atomic mass is 9.44. The number of hydrogen-bond donors (Lipinski definition) is 1. The second-order valence-corrected chi connectivity index (χ2v) is 6.04. The van der Waals surface area contributed by atoms with Crippen LogP contribution in [0.4, 0.5) is 0 Å². The van der Waals surface area contributed by atoms with Crippen molar-refractivity contribution in [3.63, 3.8) is 0 Å². The fraction of sp³-hybridized carbons (Fsp3) is 0.500. The molecule has 2 aliphatic rings. The molecule has 17 heavy (non-hydrogen) atoms. The molecule has 0 heterocycles. The first-order chi connectivity index (χ1) is 8.06. The second-order valence-electron chi connectivity index (χ2n) is 5.60. The molecule has 0 aliphatic heterocycles. The normalized spacial score (nSPS) is 23.8. The highest BCUT2D eigenvalue weighted by Crippen LogP contribution is 2.65. The lowest BCUT2D eigenvalue weighted by molar-refractivity contribution is -0.160. The van der Waals surface area contributed by atoms with Crippen molar-refractivity contribution in [1.29, 1.82) is 0 Å². The Hall–Kier alpha value is -1.02. The van der Waals surface area contributed by atoms with E-state index in [0.717, 1.165) is 18.4 Å². The fourth-order valence-electron chi connectivity index (χ4n) is 3.52. The molecule has 0 radical (unpaired) electrons. The SMILES string of the molecule is O=C(O)C1(c2cccc(Cl)c2)CC2(CCC2)C1. The van der Waals surface area contributed by atoms with E-state index >= 15 is 0 Å². The Morgan fingerprint density at radius 3 is 2.47 bits per heavy atom. The Bertz CT molecular complexity index is 469. The molecule has 1 spiro atoms. The van der Waals surface area contributed by atoms with Crippen LogP contribution in [0.5, 0.6) is 0 Å². The van der Waals surface area contributed by atoms with Crippen LogP contribution in [-0.2, 0) is 10.2 Å². The largest absolute Gasteiger partial charge is 0.481 e. The maximum absolute atomic E-state index is 11.6. The number of carboxylic acid groups (broad SMARTS) is 1. The molecular formula is C14H15ClO2. The van der Waals surface area contributed by atoms with Crippen LogP contribution in [0.1, 0.15) is 37.7 Å². The zero-order valence-corrected chi connectivity index (χ0v) is 10.3. The van der Waals surface area contributed by atoms with Crippen LogP contribution in [0.15, 0.2) is 24.3 Å². The van der Waals surface area contributed by atoms with Gasteiger partial charge in [-0.15, -0.1) is 0 Å². The van der Waals surface area contributed by atoms with Gasteiger partial charge in [0.2, 0.25) is 0 Å². The van der Waals surface area contributed by atoms with E-state index in [9.17, 15) is 9.90 Å². The monoisotopic (exact) mass is 250 g/mol. The highest BCUT2D eigenvalue weighted by Gasteiger charge is 2.61. The van der Waals surface area contributed by atoms with Crippen LogP contribution in [0.3, 0.4) is 0 Å². The molecule has 0 bridgehead atoms. The van der Waals surface area contributed by atoms with Crippen LogP contribution in [0.2, 0.25) is 5.02 Å². The van der Waals surface area contributed by atoms with E-state index in [4.69, 9.17) is 11.6 Å². The van der Waals surface area contributed by atoms with Gasteiger partial charge in [-0.3, -0.25) is 4.79 Å². The predicted molar refractivity (Wildman–Crippen MR) is 66.3 cm³/mol. The fourth-order valence-corrected chi connectivity index (χ4v) is 3.71. The zero-order chi connectivity index (χ0) is 12.1. The summed E-state index contributed by atoms with van der Waals surface area (Å²) >= 11 is 5.96. The first kappa shape index (κ1) is 11.1. The molecule has 1 aromatic rings. The second kappa shape index (κ2) is 3.49. The highest BCUT2D eigenvalue weighted by atomic mass is 35.5. The summed E-state index contributed by atoms with van der Waals surface area (Å²) in [6.07, 6.45) is 5.22. The lowest BCUT2D eigenvalue weighted by Crippen LogP contribution is -2.57. The van der Waals surface area contributed by atoms with Crippen molar-refractivity contribution in [3.05, 3.63) is 34.9 Å². The third-order valence-electron chi connectivity index (χ3n) is 4.55. The van der Waals surface area contributed by atoms with Crippen molar-refractivity contribution in [3.8, 4) is 0 Å². The van der Waals surface area contributed by atoms with Crippen molar-refractivity contribution in [2.24, 2.45) is 5.41 Å². The Labute approximate surface area is 106 Å². The summed E-state index contributed by atoms with van der Waals surface area (Å²) in [5, 5.41) is 10.2. The van der Waals surface area contributed by atoms with Crippen molar-refractivity contribution in [1.82, 2.24) is 0 Å². The van der Waals surface area contributed by atoms with Crippen LogP contribution in [0, 0.1) is 5.41 Å². The van der Waals surface area contributed by atoms with E-state index in [1.807, 2.05) is 12.1 Å². The van der Waals surface area contributed by atoms with E-state index in [1.54, 1.807) is 12.1 Å². The van der Waals surface area contributed by atoms with Crippen LogP contribution in [-0.4, -0.2) is 11.1 Å². The molecule has 0 atom stereocenters. The Morgan fingerprint density at radius 2 is 2.00 bits per heavy atom. The smallest absolute Gasteiger partial charge is 0.314 e. The summed E-state index contributed by atoms with van der Waals surface area (Å²) in [6, 6.07) is 7.33. The van der Waals surface area contributed by atoms with Crippen LogP contribution >= 0.6 is 11.6 Å². The summed E-state index contributed by atoms with van der Waals surface area (Å²) in [5.74, 6) is -0.697. The average Bonchev–Trinajstić information content (AvgIpc) is 2.13. The van der Waals surface area contributed by atoms with Gasteiger partial charge in [0, 0.05) is 5.02 Å².